The maximum Gasteiger partial charge on any atom is 0.194 e. The summed E-state index contributed by atoms with van der Waals surface area (Å²) in [5, 5.41) is 8.33. The van der Waals surface area contributed by atoms with Crippen molar-refractivity contribution >= 4 is 15.9 Å². The molecule has 0 radical (unpaired) electrons. The van der Waals surface area contributed by atoms with Gasteiger partial charge in [-0.25, -0.2) is 13.2 Å². The summed E-state index contributed by atoms with van der Waals surface area (Å²) in [6, 6.07) is 1.85. The first-order valence-electron chi connectivity index (χ1n) is 5.71. The third kappa shape index (κ3) is 2.65. The Morgan fingerprint density at radius 1 is 1.16 bits per heavy atom. The Kier molecular flexibility index (Phi) is 4.24. The Hall–Kier alpha value is -1.37. The molecule has 3 nitrogen and oxygen atoms in total. The molecule has 0 N–H and O–H groups in total. The minimum absolute atomic E-state index is 0.171. The summed E-state index contributed by atoms with van der Waals surface area (Å²) in [5.41, 5.74) is 0.171. The standard InChI is InChI=1S/C12H11BrF3N3/c1-2-3-19-10(6-13)17-18-12(19)7-4-8(14)11(16)9(15)5-7/h4-5H,2-3,6H2,1H3. The molecule has 0 saturated carbocycles. The Morgan fingerprint density at radius 3 is 2.32 bits per heavy atom. The topological polar surface area (TPSA) is 30.7 Å². The molecule has 0 spiro atoms. The van der Waals surface area contributed by atoms with Crippen LogP contribution >= 0.6 is 15.9 Å². The second-order valence-electron chi connectivity index (χ2n) is 3.98. The van der Waals surface area contributed by atoms with E-state index in [1.165, 1.54) is 0 Å². The van der Waals surface area contributed by atoms with Gasteiger partial charge in [-0.2, -0.15) is 0 Å². The molecule has 0 atom stereocenters. The maximum absolute atomic E-state index is 13.3. The highest BCUT2D eigenvalue weighted by Gasteiger charge is 2.17. The van der Waals surface area contributed by atoms with E-state index in [2.05, 4.69) is 26.1 Å². The van der Waals surface area contributed by atoms with Crippen molar-refractivity contribution < 1.29 is 13.2 Å². The molecule has 1 aromatic carbocycles. The van der Waals surface area contributed by atoms with E-state index in [0.717, 1.165) is 18.6 Å². The van der Waals surface area contributed by atoms with Crippen LogP contribution in [0, 0.1) is 17.5 Å². The Bertz CT molecular complexity index is 575. The first-order valence-corrected chi connectivity index (χ1v) is 6.83. The maximum atomic E-state index is 13.3. The molecule has 0 bridgehead atoms. The van der Waals surface area contributed by atoms with Gasteiger partial charge in [0.1, 0.15) is 5.82 Å². The van der Waals surface area contributed by atoms with Gasteiger partial charge < -0.3 is 4.57 Å². The quantitative estimate of drug-likeness (QED) is 0.631. The highest BCUT2D eigenvalue weighted by molar-refractivity contribution is 9.08. The number of alkyl halides is 1. The first kappa shape index (κ1) is 14.0. The monoisotopic (exact) mass is 333 g/mol. The highest BCUT2D eigenvalue weighted by Crippen LogP contribution is 2.24. The molecular formula is C12H11BrF3N3. The molecule has 19 heavy (non-hydrogen) atoms. The molecule has 7 heteroatoms. The van der Waals surface area contributed by atoms with Crippen LogP contribution in [0.3, 0.4) is 0 Å². The fourth-order valence-electron chi connectivity index (χ4n) is 1.79. The predicted octanol–water partition coefficient (Wildman–Crippen LogP) is 3.67. The van der Waals surface area contributed by atoms with Gasteiger partial charge in [0.2, 0.25) is 0 Å². The third-order valence-corrected chi connectivity index (χ3v) is 3.14. The number of nitrogens with zero attached hydrogens (tertiary/aromatic N) is 3. The molecule has 0 aliphatic carbocycles. The normalized spacial score (nSPS) is 11.0. The molecule has 0 fully saturated rings. The molecule has 1 aromatic heterocycles. The van der Waals surface area contributed by atoms with Gasteiger partial charge in [0.15, 0.2) is 23.3 Å². The first-order chi connectivity index (χ1) is 9.08. The Labute approximate surface area is 116 Å². The van der Waals surface area contributed by atoms with E-state index in [9.17, 15) is 13.2 Å². The fraction of sp³-hybridized carbons (Fsp3) is 0.333. The zero-order valence-corrected chi connectivity index (χ0v) is 11.7. The molecule has 0 aliphatic heterocycles. The van der Waals surface area contributed by atoms with E-state index >= 15 is 0 Å². The van der Waals surface area contributed by atoms with Crippen molar-refractivity contribution in [3.8, 4) is 11.4 Å². The summed E-state index contributed by atoms with van der Waals surface area (Å²) in [7, 11) is 0. The molecule has 0 unspecified atom stereocenters. The second-order valence-corrected chi connectivity index (χ2v) is 4.54. The van der Waals surface area contributed by atoms with Gasteiger partial charge in [-0.05, 0) is 18.6 Å². The van der Waals surface area contributed by atoms with Crippen LogP contribution in [-0.2, 0) is 11.9 Å². The van der Waals surface area contributed by atoms with Crippen molar-refractivity contribution in [3.63, 3.8) is 0 Å². The van der Waals surface area contributed by atoms with Gasteiger partial charge in [0.05, 0.1) is 5.33 Å². The van der Waals surface area contributed by atoms with Gasteiger partial charge in [0.25, 0.3) is 0 Å². The zero-order chi connectivity index (χ0) is 14.0. The summed E-state index contributed by atoms with van der Waals surface area (Å²) < 4.78 is 41.2. The lowest BCUT2D eigenvalue weighted by Gasteiger charge is -2.08. The molecule has 1 heterocycles. The van der Waals surface area contributed by atoms with Crippen LogP contribution in [0.4, 0.5) is 13.2 Å². The number of benzene rings is 1. The van der Waals surface area contributed by atoms with Crippen LogP contribution in [-0.4, -0.2) is 14.8 Å². The highest BCUT2D eigenvalue weighted by atomic mass is 79.9. The van der Waals surface area contributed by atoms with Crippen LogP contribution in [0.15, 0.2) is 12.1 Å². The van der Waals surface area contributed by atoms with E-state index < -0.39 is 17.5 Å². The van der Waals surface area contributed by atoms with Gasteiger partial charge >= 0.3 is 0 Å². The lowest BCUT2D eigenvalue weighted by atomic mass is 10.2. The number of halogens is 4. The molecular weight excluding hydrogens is 323 g/mol. The van der Waals surface area contributed by atoms with Crippen LogP contribution < -0.4 is 0 Å². The lowest BCUT2D eigenvalue weighted by molar-refractivity contribution is 0.447. The van der Waals surface area contributed by atoms with Crippen molar-refractivity contribution in [2.24, 2.45) is 0 Å². The van der Waals surface area contributed by atoms with Crippen molar-refractivity contribution in [2.45, 2.75) is 25.2 Å². The molecule has 2 aromatic rings. The summed E-state index contributed by atoms with van der Waals surface area (Å²) in [6.07, 6.45) is 0.817. The molecule has 0 amide bonds. The number of rotatable bonds is 4. The Balaban J connectivity index is 2.55. The van der Waals surface area contributed by atoms with Crippen molar-refractivity contribution in [1.82, 2.24) is 14.8 Å². The summed E-state index contributed by atoms with van der Waals surface area (Å²) in [4.78, 5) is 0. The van der Waals surface area contributed by atoms with Crippen molar-refractivity contribution in [1.29, 1.82) is 0 Å². The van der Waals surface area contributed by atoms with E-state index in [1.54, 1.807) is 4.57 Å². The fourth-order valence-corrected chi connectivity index (χ4v) is 2.21. The van der Waals surface area contributed by atoms with Crippen LogP contribution in [0.1, 0.15) is 19.2 Å². The van der Waals surface area contributed by atoms with E-state index in [4.69, 9.17) is 0 Å². The SMILES string of the molecule is CCCn1c(CBr)nnc1-c1cc(F)c(F)c(F)c1. The average Bonchev–Trinajstić information content (AvgIpc) is 2.79. The minimum Gasteiger partial charge on any atom is -0.310 e. The number of hydrogen-bond donors (Lipinski definition) is 0. The number of hydrogen-bond acceptors (Lipinski definition) is 2. The van der Waals surface area contributed by atoms with E-state index in [-0.39, 0.29) is 5.56 Å². The van der Waals surface area contributed by atoms with Crippen LogP contribution in [0.5, 0.6) is 0 Å². The van der Waals surface area contributed by atoms with Gasteiger partial charge in [-0.3, -0.25) is 0 Å². The van der Waals surface area contributed by atoms with Crippen molar-refractivity contribution in [2.75, 3.05) is 0 Å². The summed E-state index contributed by atoms with van der Waals surface area (Å²) in [6.45, 7) is 2.58. The predicted molar refractivity (Wildman–Crippen MR) is 68.3 cm³/mol. The number of aromatic nitrogens is 3. The molecule has 0 aliphatic rings. The van der Waals surface area contributed by atoms with E-state index in [1.807, 2.05) is 6.92 Å². The minimum atomic E-state index is -1.48. The van der Waals surface area contributed by atoms with Gasteiger partial charge in [-0.15, -0.1) is 10.2 Å². The van der Waals surface area contributed by atoms with Crippen LogP contribution in [0.2, 0.25) is 0 Å². The summed E-state index contributed by atoms with van der Waals surface area (Å²) in [5.74, 6) is -2.97. The smallest absolute Gasteiger partial charge is 0.194 e. The molecule has 2 rings (SSSR count). The lowest BCUT2D eigenvalue weighted by Crippen LogP contribution is -2.04. The summed E-state index contributed by atoms with van der Waals surface area (Å²) >= 11 is 3.27. The molecule has 0 saturated heterocycles. The second kappa shape index (κ2) is 5.73. The van der Waals surface area contributed by atoms with E-state index in [0.29, 0.717) is 23.5 Å². The van der Waals surface area contributed by atoms with Crippen LogP contribution in [0.25, 0.3) is 11.4 Å². The van der Waals surface area contributed by atoms with Gasteiger partial charge in [0, 0.05) is 12.1 Å². The van der Waals surface area contributed by atoms with Gasteiger partial charge in [-0.1, -0.05) is 22.9 Å². The van der Waals surface area contributed by atoms with Crippen molar-refractivity contribution in [3.05, 3.63) is 35.4 Å². The Morgan fingerprint density at radius 2 is 1.79 bits per heavy atom. The third-order valence-electron chi connectivity index (χ3n) is 2.64. The average molecular weight is 334 g/mol. The molecule has 102 valence electrons. The largest absolute Gasteiger partial charge is 0.310 e. The zero-order valence-electron chi connectivity index (χ0n) is 10.1.